The van der Waals surface area contributed by atoms with E-state index in [1.54, 1.807) is 18.9 Å². The van der Waals surface area contributed by atoms with Crippen molar-refractivity contribution in [1.29, 1.82) is 0 Å². The molecule has 0 bridgehead atoms. The van der Waals surface area contributed by atoms with Crippen molar-refractivity contribution in [2.24, 2.45) is 4.99 Å². The first-order valence-corrected chi connectivity index (χ1v) is 12.4. The van der Waals surface area contributed by atoms with Crippen molar-refractivity contribution in [3.8, 4) is 11.5 Å². The van der Waals surface area contributed by atoms with Gasteiger partial charge in [0.05, 0.1) is 37.3 Å². The summed E-state index contributed by atoms with van der Waals surface area (Å²) in [6, 6.07) is 17.1. The van der Waals surface area contributed by atoms with Crippen LogP contribution in [0.15, 0.2) is 59.6 Å². The molecule has 1 fully saturated rings. The van der Waals surface area contributed by atoms with Crippen LogP contribution >= 0.6 is 11.8 Å². The number of para-hydroxylation sites is 1. The molecule has 2 aliphatic heterocycles. The highest BCUT2D eigenvalue weighted by Crippen LogP contribution is 2.36. The van der Waals surface area contributed by atoms with E-state index in [1.807, 2.05) is 54.6 Å². The van der Waals surface area contributed by atoms with Crippen LogP contribution in [0, 0.1) is 0 Å². The van der Waals surface area contributed by atoms with Gasteiger partial charge in [0.2, 0.25) is 0 Å². The van der Waals surface area contributed by atoms with Crippen LogP contribution in [-0.2, 0) is 9.84 Å². The Balaban J connectivity index is 1.42. The summed E-state index contributed by atoms with van der Waals surface area (Å²) in [5, 5.41) is 0.878. The van der Waals surface area contributed by atoms with E-state index in [4.69, 9.17) is 14.5 Å². The Bertz CT molecular complexity index is 979. The third-order valence-electron chi connectivity index (χ3n) is 4.97. The van der Waals surface area contributed by atoms with Gasteiger partial charge in [-0.3, -0.25) is 4.99 Å². The van der Waals surface area contributed by atoms with Crippen LogP contribution in [0.25, 0.3) is 0 Å². The number of hydrogen-bond donors (Lipinski definition) is 0. The number of amidine groups is 1. The molecule has 2 aromatic rings. The fraction of sp³-hybridized carbons (Fsp3) is 0.381. The number of rotatable bonds is 7. The van der Waals surface area contributed by atoms with Gasteiger partial charge in [-0.05, 0) is 30.7 Å². The SMILES string of the molecule is COc1cccc(N2C(SCCCOc3ccccc3)=N[C@H]3CS(=O)(=O)C[C@H]32)c1. The molecule has 29 heavy (non-hydrogen) atoms. The van der Waals surface area contributed by atoms with Crippen molar-refractivity contribution in [3.63, 3.8) is 0 Å². The highest BCUT2D eigenvalue weighted by molar-refractivity contribution is 8.14. The van der Waals surface area contributed by atoms with Crippen molar-refractivity contribution >= 4 is 32.5 Å². The quantitative estimate of drug-likeness (QED) is 0.626. The van der Waals surface area contributed by atoms with E-state index in [0.717, 1.165) is 34.5 Å². The molecular formula is C21H24N2O4S2. The van der Waals surface area contributed by atoms with Crippen molar-refractivity contribution < 1.29 is 17.9 Å². The summed E-state index contributed by atoms with van der Waals surface area (Å²) < 4.78 is 35.4. The maximum absolute atomic E-state index is 12.1. The van der Waals surface area contributed by atoms with Crippen molar-refractivity contribution in [2.45, 2.75) is 18.5 Å². The van der Waals surface area contributed by atoms with Crippen LogP contribution in [0.2, 0.25) is 0 Å². The van der Waals surface area contributed by atoms with Crippen LogP contribution in [0.3, 0.4) is 0 Å². The molecular weight excluding hydrogens is 408 g/mol. The molecule has 0 unspecified atom stereocenters. The fourth-order valence-corrected chi connectivity index (χ4v) is 6.50. The molecule has 2 heterocycles. The predicted octanol–water partition coefficient (Wildman–Crippen LogP) is 3.24. The monoisotopic (exact) mass is 432 g/mol. The Morgan fingerprint density at radius 1 is 1.10 bits per heavy atom. The Morgan fingerprint density at radius 3 is 2.69 bits per heavy atom. The molecule has 0 amide bonds. The largest absolute Gasteiger partial charge is 0.497 e. The van der Waals surface area contributed by atoms with Gasteiger partial charge in [-0.2, -0.15) is 0 Å². The first-order chi connectivity index (χ1) is 14.1. The third kappa shape index (κ3) is 4.70. The summed E-state index contributed by atoms with van der Waals surface area (Å²) in [4.78, 5) is 6.83. The number of nitrogens with zero attached hydrogens (tertiary/aromatic N) is 2. The van der Waals surface area contributed by atoms with Crippen LogP contribution in [0.4, 0.5) is 5.69 Å². The first-order valence-electron chi connectivity index (χ1n) is 9.58. The lowest BCUT2D eigenvalue weighted by Crippen LogP contribution is -2.39. The molecule has 2 atom stereocenters. The van der Waals surface area contributed by atoms with Crippen LogP contribution in [0.1, 0.15) is 6.42 Å². The van der Waals surface area contributed by atoms with E-state index in [-0.39, 0.29) is 23.6 Å². The molecule has 0 saturated carbocycles. The minimum atomic E-state index is -3.05. The summed E-state index contributed by atoms with van der Waals surface area (Å²) in [6.45, 7) is 0.630. The van der Waals surface area contributed by atoms with E-state index in [2.05, 4.69) is 4.90 Å². The number of hydrogen-bond acceptors (Lipinski definition) is 7. The number of fused-ring (bicyclic) bond motifs is 1. The predicted molar refractivity (Wildman–Crippen MR) is 118 cm³/mol. The number of thioether (sulfide) groups is 1. The van der Waals surface area contributed by atoms with E-state index in [9.17, 15) is 8.42 Å². The molecule has 2 aliphatic rings. The Morgan fingerprint density at radius 2 is 1.90 bits per heavy atom. The Kier molecular flexibility index (Phi) is 6.01. The number of anilines is 1. The number of sulfone groups is 1. The van der Waals surface area contributed by atoms with Gasteiger partial charge in [0.1, 0.15) is 11.5 Å². The zero-order valence-corrected chi connectivity index (χ0v) is 17.9. The lowest BCUT2D eigenvalue weighted by molar-refractivity contribution is 0.319. The molecule has 0 spiro atoms. The number of methoxy groups -OCH3 is 1. The minimum absolute atomic E-state index is 0.124. The lowest BCUT2D eigenvalue weighted by Gasteiger charge is -2.26. The van der Waals surface area contributed by atoms with Crippen molar-refractivity contribution in [3.05, 3.63) is 54.6 Å². The molecule has 6 nitrogen and oxygen atoms in total. The van der Waals surface area contributed by atoms with Crippen LogP contribution in [0.5, 0.6) is 11.5 Å². The molecule has 0 N–H and O–H groups in total. The second-order valence-corrected chi connectivity index (χ2v) is 10.3. The van der Waals surface area contributed by atoms with Crippen LogP contribution in [-0.4, -0.2) is 56.6 Å². The minimum Gasteiger partial charge on any atom is -0.497 e. The molecule has 0 radical (unpaired) electrons. The average Bonchev–Trinajstić information content (AvgIpc) is 3.19. The maximum Gasteiger partial charge on any atom is 0.164 e. The Hall–Kier alpha value is -2.19. The maximum atomic E-state index is 12.1. The smallest absolute Gasteiger partial charge is 0.164 e. The van der Waals surface area contributed by atoms with E-state index < -0.39 is 9.84 Å². The second-order valence-electron chi connectivity index (χ2n) is 7.06. The first kappa shape index (κ1) is 20.1. The van der Waals surface area contributed by atoms with E-state index in [1.165, 1.54) is 0 Å². The highest BCUT2D eigenvalue weighted by Gasteiger charge is 2.47. The van der Waals surface area contributed by atoms with Gasteiger partial charge in [-0.15, -0.1) is 0 Å². The van der Waals surface area contributed by atoms with E-state index >= 15 is 0 Å². The molecule has 1 saturated heterocycles. The fourth-order valence-electron chi connectivity index (χ4n) is 3.62. The van der Waals surface area contributed by atoms with Gasteiger partial charge in [0, 0.05) is 17.5 Å². The van der Waals surface area contributed by atoms with Crippen molar-refractivity contribution in [2.75, 3.05) is 35.9 Å². The van der Waals surface area contributed by atoms with Crippen LogP contribution < -0.4 is 14.4 Å². The standard InChI is InChI=1S/C21H24N2O4S2/c1-26-18-10-5-7-16(13-18)23-20-15-29(24,25)14-19(20)22-21(23)28-12-6-11-27-17-8-3-2-4-9-17/h2-5,7-10,13,19-20H,6,11-12,14-15H2,1H3/t19-,20+/m0/s1. The zero-order chi connectivity index (χ0) is 20.3. The molecule has 0 aromatic heterocycles. The van der Waals surface area contributed by atoms with E-state index in [0.29, 0.717) is 6.61 Å². The lowest BCUT2D eigenvalue weighted by atomic mass is 10.1. The summed E-state index contributed by atoms with van der Waals surface area (Å²) >= 11 is 1.65. The summed E-state index contributed by atoms with van der Waals surface area (Å²) in [5.41, 5.74) is 0.917. The van der Waals surface area contributed by atoms with Gasteiger partial charge >= 0.3 is 0 Å². The molecule has 8 heteroatoms. The van der Waals surface area contributed by atoms with Gasteiger partial charge in [-0.1, -0.05) is 36.0 Å². The highest BCUT2D eigenvalue weighted by atomic mass is 32.2. The second kappa shape index (κ2) is 8.67. The Labute approximate surface area is 175 Å². The summed E-state index contributed by atoms with van der Waals surface area (Å²) in [5.74, 6) is 2.72. The molecule has 154 valence electrons. The van der Waals surface area contributed by atoms with Gasteiger partial charge < -0.3 is 14.4 Å². The van der Waals surface area contributed by atoms with Gasteiger partial charge in [-0.25, -0.2) is 8.42 Å². The average molecular weight is 433 g/mol. The molecule has 4 rings (SSSR count). The molecule has 2 aromatic carbocycles. The third-order valence-corrected chi connectivity index (χ3v) is 7.72. The van der Waals surface area contributed by atoms with Gasteiger partial charge in [0.15, 0.2) is 15.0 Å². The number of benzene rings is 2. The molecule has 0 aliphatic carbocycles. The topological polar surface area (TPSA) is 68.2 Å². The van der Waals surface area contributed by atoms with Gasteiger partial charge in [0.25, 0.3) is 0 Å². The number of ether oxygens (including phenoxy) is 2. The summed E-state index contributed by atoms with van der Waals surface area (Å²) in [7, 11) is -1.43. The zero-order valence-electron chi connectivity index (χ0n) is 16.2. The summed E-state index contributed by atoms with van der Waals surface area (Å²) in [6.07, 6.45) is 0.873. The number of aliphatic imine (C=N–C) groups is 1. The van der Waals surface area contributed by atoms with Crippen molar-refractivity contribution in [1.82, 2.24) is 0 Å². The normalized spacial score (nSPS) is 22.2.